The van der Waals surface area contributed by atoms with Gasteiger partial charge < -0.3 is 69.2 Å². The highest BCUT2D eigenvalue weighted by Gasteiger charge is 2.38. The van der Waals surface area contributed by atoms with E-state index < -0.39 is 147 Å². The predicted octanol–water partition coefficient (Wildman–Crippen LogP) is -2.24. The van der Waals surface area contributed by atoms with Crippen molar-refractivity contribution in [2.75, 3.05) is 6.54 Å². The molecular formula is C46H69N10O16P. The summed E-state index contributed by atoms with van der Waals surface area (Å²) in [7, 11) is -5.00. The van der Waals surface area contributed by atoms with Crippen LogP contribution in [0.5, 0.6) is 5.75 Å². The Hall–Kier alpha value is -6.99. The summed E-state index contributed by atoms with van der Waals surface area (Å²) in [4.78, 5) is 150. The van der Waals surface area contributed by atoms with E-state index in [2.05, 4.69) is 41.7 Å². The minimum absolute atomic E-state index is 0.0441. The fraction of sp³-hybridized carbons (Fsp3) is 0.522. The molecule has 0 saturated heterocycles. The van der Waals surface area contributed by atoms with Crippen molar-refractivity contribution < 1.29 is 77.0 Å². The van der Waals surface area contributed by atoms with Gasteiger partial charge in [-0.15, -0.1) is 0 Å². The molecule has 0 bridgehead atoms. The lowest BCUT2D eigenvalue weighted by molar-refractivity contribution is -0.138. The van der Waals surface area contributed by atoms with Gasteiger partial charge in [-0.2, -0.15) is 0 Å². The summed E-state index contributed by atoms with van der Waals surface area (Å²) in [6.07, 6.45) is -3.67. The van der Waals surface area contributed by atoms with Crippen molar-refractivity contribution in [3.8, 4) is 5.75 Å². The molecule has 2 aromatic rings. The number of aliphatic hydroxyl groups is 1. The van der Waals surface area contributed by atoms with Gasteiger partial charge in [0.2, 0.25) is 53.2 Å². The van der Waals surface area contributed by atoms with Crippen LogP contribution in [0.15, 0.2) is 54.6 Å². The lowest BCUT2D eigenvalue weighted by Gasteiger charge is -2.30. The smallest absolute Gasteiger partial charge is 0.481 e. The van der Waals surface area contributed by atoms with Crippen LogP contribution in [0.1, 0.15) is 90.9 Å². The number of nitrogens with one attached hydrogen (secondary N) is 7. The number of benzene rings is 2. The van der Waals surface area contributed by atoms with Gasteiger partial charge in [0.05, 0.1) is 19.0 Å². The Morgan fingerprint density at radius 3 is 1.66 bits per heavy atom. The molecule has 0 fully saturated rings. The molecule has 73 heavy (non-hydrogen) atoms. The van der Waals surface area contributed by atoms with Crippen LogP contribution in [-0.4, -0.2) is 128 Å². The summed E-state index contributed by atoms with van der Waals surface area (Å²) in [5.74, 6) is -11.4. The molecule has 0 aliphatic heterocycles. The maximum absolute atomic E-state index is 14.5. The fourth-order valence-electron chi connectivity index (χ4n) is 7.02. The van der Waals surface area contributed by atoms with E-state index in [1.54, 1.807) is 47.6 Å². The Kier molecular flexibility index (Phi) is 25.1. The second-order valence-electron chi connectivity index (χ2n) is 18.4. The Balaban J connectivity index is 2.58. The van der Waals surface area contributed by atoms with Crippen molar-refractivity contribution in [2.24, 2.45) is 35.0 Å². The highest BCUT2D eigenvalue weighted by molar-refractivity contribution is 7.46. The van der Waals surface area contributed by atoms with Gasteiger partial charge in [-0.25, -0.2) is 4.57 Å². The second-order valence-corrected chi connectivity index (χ2v) is 19.6. The maximum Gasteiger partial charge on any atom is 0.524 e. The average Bonchev–Trinajstić information content (AvgIpc) is 3.29. The number of primary amides is 2. The zero-order valence-corrected chi connectivity index (χ0v) is 42.3. The lowest BCUT2D eigenvalue weighted by Crippen LogP contribution is -2.62. The highest BCUT2D eigenvalue weighted by Crippen LogP contribution is 2.37. The van der Waals surface area contributed by atoms with Crippen LogP contribution in [0.4, 0.5) is 0 Å². The van der Waals surface area contributed by atoms with Crippen molar-refractivity contribution >= 4 is 67.0 Å². The summed E-state index contributed by atoms with van der Waals surface area (Å²) in [5.41, 5.74) is 17.1. The first-order valence-corrected chi connectivity index (χ1v) is 24.7. The Morgan fingerprint density at radius 1 is 0.630 bits per heavy atom. The molecule has 0 aliphatic carbocycles. The molecule has 2 aromatic carbocycles. The number of hydrogen-bond donors (Lipinski definition) is 14. The first-order valence-electron chi connectivity index (χ1n) is 23.2. The van der Waals surface area contributed by atoms with Gasteiger partial charge in [0.25, 0.3) is 0 Å². The Bertz CT molecular complexity index is 2300. The highest BCUT2D eigenvalue weighted by atomic mass is 31.2. The van der Waals surface area contributed by atoms with Crippen LogP contribution in [0.2, 0.25) is 0 Å². The van der Waals surface area contributed by atoms with Crippen molar-refractivity contribution in [1.29, 1.82) is 0 Å². The number of aliphatic carboxylic acids is 1. The topological polar surface area (TPSA) is 440 Å². The van der Waals surface area contributed by atoms with Crippen molar-refractivity contribution in [3.63, 3.8) is 0 Å². The van der Waals surface area contributed by atoms with Gasteiger partial charge in [0.1, 0.15) is 48.1 Å². The predicted molar refractivity (Wildman–Crippen MR) is 260 cm³/mol. The van der Waals surface area contributed by atoms with Gasteiger partial charge >= 0.3 is 13.8 Å². The van der Waals surface area contributed by atoms with E-state index in [-0.39, 0.29) is 48.0 Å². The first kappa shape index (κ1) is 62.1. The summed E-state index contributed by atoms with van der Waals surface area (Å²) < 4.78 is 16.1. The van der Waals surface area contributed by atoms with Crippen LogP contribution in [0.3, 0.4) is 0 Å². The molecular weight excluding hydrogens is 980 g/mol. The van der Waals surface area contributed by atoms with Crippen LogP contribution < -0.4 is 58.9 Å². The van der Waals surface area contributed by atoms with E-state index in [9.17, 15) is 67.4 Å². The van der Waals surface area contributed by atoms with E-state index in [1.165, 1.54) is 36.4 Å². The number of phosphoric acid groups is 1. The Morgan fingerprint density at radius 2 is 1.14 bits per heavy atom. The monoisotopic (exact) mass is 1050 g/mol. The molecule has 8 atom stereocenters. The maximum atomic E-state index is 14.5. The van der Waals surface area contributed by atoms with E-state index in [0.717, 1.165) is 12.1 Å². The standard InChI is InChI=1S/C46H69N10O16P/c1-23(2)18-30(40(49)62)52-45(67)37(25(5)6)55-46(68)38(39(61)27-10-8-7-9-11-27)56-44(66)32(20-26-12-14-28(15-13-26)72-73(69,70)71)53-43(65)33(21-34(48)57)54-42(64)31(19-24(3)4)51-35(58)22-50-41(63)29(47)16-17-36(59)60/h7-15,23-25,29-33,37-39,61H,16-22,47H2,1-6H3,(H2,48,57)(H2,49,62)(H,50,63)(H,51,58)(H,52,67)(H,53,65)(H,54,64)(H,55,68)(H,56,66)(H,59,60)(H2,69,70,71)/t29-,30-,31-,32-,33-,37-,38-,39?/m0/s1. The minimum atomic E-state index is -5.00. The minimum Gasteiger partial charge on any atom is -0.481 e. The summed E-state index contributed by atoms with van der Waals surface area (Å²) in [6, 6.07) is 1.76. The van der Waals surface area contributed by atoms with Crippen molar-refractivity contribution in [1.82, 2.24) is 37.2 Å². The SMILES string of the molecule is CC(C)C[C@H](NC(=O)[C@@H](NC(=O)[C@@H](NC(=O)[C@H](Cc1ccc(OP(=O)(O)O)cc1)NC(=O)[C@H](CC(N)=O)NC(=O)[C@H](CC(C)C)NC(=O)CNC(=O)[C@@H](N)CCC(=O)O)C(O)c1ccccc1)C(C)C)C(N)=O. The number of carboxylic acid groups (broad SMARTS) is 1. The molecule has 0 aromatic heterocycles. The number of carboxylic acids is 1. The summed E-state index contributed by atoms with van der Waals surface area (Å²) >= 11 is 0. The molecule has 26 nitrogen and oxygen atoms in total. The van der Waals surface area contributed by atoms with Gasteiger partial charge in [0, 0.05) is 12.8 Å². The number of aliphatic hydroxyl groups excluding tert-OH is 1. The number of phosphoric ester groups is 1. The molecule has 0 aliphatic rings. The molecule has 0 saturated carbocycles. The number of rotatable bonds is 31. The van der Waals surface area contributed by atoms with Gasteiger partial charge in [-0.05, 0) is 60.3 Å². The van der Waals surface area contributed by atoms with Crippen molar-refractivity contribution in [2.45, 2.75) is 128 Å². The lowest BCUT2D eigenvalue weighted by atomic mass is 9.97. The van der Waals surface area contributed by atoms with E-state index in [0.29, 0.717) is 0 Å². The van der Waals surface area contributed by atoms with Gasteiger partial charge in [0.15, 0.2) is 0 Å². The zero-order chi connectivity index (χ0) is 55.3. The van der Waals surface area contributed by atoms with Crippen LogP contribution >= 0.6 is 7.82 Å². The fourth-order valence-corrected chi connectivity index (χ4v) is 7.42. The van der Waals surface area contributed by atoms with Crippen molar-refractivity contribution in [3.05, 3.63) is 65.7 Å². The average molecular weight is 1050 g/mol. The molecule has 17 N–H and O–H groups in total. The number of carbonyl (C=O) groups is 10. The second kappa shape index (κ2) is 29.5. The molecule has 0 heterocycles. The normalized spacial score (nSPS) is 14.7. The van der Waals surface area contributed by atoms with Gasteiger partial charge in [-0.1, -0.05) is 84.0 Å². The largest absolute Gasteiger partial charge is 0.524 e. The molecule has 9 amide bonds. The van der Waals surface area contributed by atoms with E-state index in [4.69, 9.17) is 22.3 Å². The number of nitrogens with two attached hydrogens (primary N) is 3. The van der Waals surface area contributed by atoms with E-state index >= 15 is 0 Å². The third-order valence-corrected chi connectivity index (χ3v) is 11.1. The molecule has 2 rings (SSSR count). The van der Waals surface area contributed by atoms with Crippen LogP contribution in [-0.2, 0) is 58.9 Å². The third kappa shape index (κ3) is 23.0. The molecule has 27 heteroatoms. The Labute approximate surface area is 421 Å². The van der Waals surface area contributed by atoms with Crippen LogP contribution in [0, 0.1) is 17.8 Å². The molecule has 404 valence electrons. The number of amides is 9. The summed E-state index contributed by atoms with van der Waals surface area (Å²) in [6.45, 7) is 9.48. The molecule has 0 spiro atoms. The third-order valence-electron chi connectivity index (χ3n) is 10.7. The number of carbonyl (C=O) groups excluding carboxylic acids is 9. The van der Waals surface area contributed by atoms with Crippen LogP contribution in [0.25, 0.3) is 0 Å². The molecule has 1 unspecified atom stereocenters. The molecule has 0 radical (unpaired) electrons. The quantitative estimate of drug-likeness (QED) is 0.0355. The van der Waals surface area contributed by atoms with Gasteiger partial charge in [-0.3, -0.25) is 57.7 Å². The number of hydrogen-bond acceptors (Lipinski definition) is 14. The zero-order valence-electron chi connectivity index (χ0n) is 41.4. The first-order chi connectivity index (χ1) is 34.0. The summed E-state index contributed by atoms with van der Waals surface area (Å²) in [5, 5.41) is 37.5. The van der Waals surface area contributed by atoms with E-state index in [1.807, 2.05) is 0 Å².